The van der Waals surface area contributed by atoms with Gasteiger partial charge in [-0.25, -0.2) is 0 Å². The van der Waals surface area contributed by atoms with Gasteiger partial charge in [-0.2, -0.15) is 0 Å². The van der Waals surface area contributed by atoms with Crippen LogP contribution in [0.5, 0.6) is 0 Å². The van der Waals surface area contributed by atoms with E-state index in [0.29, 0.717) is 0 Å². The fraction of sp³-hybridized carbons (Fsp3) is 0.667. The van der Waals surface area contributed by atoms with E-state index in [4.69, 9.17) is 4.74 Å². The third-order valence-corrected chi connectivity index (χ3v) is 1.96. The molecule has 1 atom stereocenters. The Hall–Kier alpha value is -0.830. The van der Waals surface area contributed by atoms with Gasteiger partial charge in [-0.1, -0.05) is 6.08 Å². The van der Waals surface area contributed by atoms with Gasteiger partial charge >= 0.3 is 5.97 Å². The molecule has 0 bridgehead atoms. The first-order chi connectivity index (χ1) is 5.70. The quantitative estimate of drug-likeness (QED) is 0.497. The van der Waals surface area contributed by atoms with Crippen molar-refractivity contribution in [1.29, 1.82) is 0 Å². The van der Waals surface area contributed by atoms with Crippen LogP contribution in [0.3, 0.4) is 0 Å². The third kappa shape index (κ3) is 2.66. The molecule has 0 saturated heterocycles. The van der Waals surface area contributed by atoms with Crippen molar-refractivity contribution in [3.05, 3.63) is 11.6 Å². The van der Waals surface area contributed by atoms with Crippen LogP contribution in [0.25, 0.3) is 0 Å². The van der Waals surface area contributed by atoms with E-state index in [0.717, 1.165) is 24.8 Å². The molecule has 1 aliphatic carbocycles. The Bertz CT molecular complexity index is 196. The topological polar surface area (TPSA) is 46.5 Å². The Kier molecular flexibility index (Phi) is 3.29. The number of esters is 1. The molecule has 0 spiro atoms. The summed E-state index contributed by atoms with van der Waals surface area (Å²) in [6.45, 7) is 1.62. The first-order valence-electron chi connectivity index (χ1n) is 4.20. The highest BCUT2D eigenvalue weighted by atomic mass is 16.5. The van der Waals surface area contributed by atoms with E-state index in [-0.39, 0.29) is 12.6 Å². The SMILES string of the molecule is CC(=O)OCC1=CCCCC1O. The molecule has 68 valence electrons. The van der Waals surface area contributed by atoms with Crippen LogP contribution in [-0.2, 0) is 9.53 Å². The van der Waals surface area contributed by atoms with Gasteiger partial charge in [-0.05, 0) is 24.8 Å². The first-order valence-corrected chi connectivity index (χ1v) is 4.20. The zero-order valence-corrected chi connectivity index (χ0v) is 7.25. The van der Waals surface area contributed by atoms with E-state index >= 15 is 0 Å². The maximum Gasteiger partial charge on any atom is 0.302 e. The smallest absolute Gasteiger partial charge is 0.302 e. The van der Waals surface area contributed by atoms with Crippen LogP contribution in [0, 0.1) is 0 Å². The Morgan fingerprint density at radius 1 is 1.83 bits per heavy atom. The molecule has 0 radical (unpaired) electrons. The number of rotatable bonds is 2. The lowest BCUT2D eigenvalue weighted by molar-refractivity contribution is -0.140. The summed E-state index contributed by atoms with van der Waals surface area (Å²) < 4.78 is 4.78. The van der Waals surface area contributed by atoms with E-state index < -0.39 is 6.10 Å². The van der Waals surface area contributed by atoms with Crippen LogP contribution < -0.4 is 0 Å². The molecule has 0 aromatic carbocycles. The molecule has 0 fully saturated rings. The van der Waals surface area contributed by atoms with E-state index in [1.807, 2.05) is 6.08 Å². The molecule has 3 nitrogen and oxygen atoms in total. The Morgan fingerprint density at radius 2 is 2.58 bits per heavy atom. The summed E-state index contributed by atoms with van der Waals surface area (Å²) in [7, 11) is 0. The normalized spacial score (nSPS) is 23.2. The average molecular weight is 170 g/mol. The second kappa shape index (κ2) is 4.26. The molecule has 0 amide bonds. The second-order valence-electron chi connectivity index (χ2n) is 3.01. The van der Waals surface area contributed by atoms with Crippen LogP contribution in [0.15, 0.2) is 11.6 Å². The molecular formula is C9H14O3. The third-order valence-electron chi connectivity index (χ3n) is 1.96. The lowest BCUT2D eigenvalue weighted by Gasteiger charge is -2.18. The number of hydrogen-bond donors (Lipinski definition) is 1. The number of hydrogen-bond acceptors (Lipinski definition) is 3. The molecule has 1 rings (SSSR count). The summed E-state index contributed by atoms with van der Waals surface area (Å²) in [6, 6.07) is 0. The molecule has 0 saturated carbocycles. The minimum atomic E-state index is -0.405. The van der Waals surface area contributed by atoms with Crippen molar-refractivity contribution < 1.29 is 14.6 Å². The van der Waals surface area contributed by atoms with Crippen molar-refractivity contribution >= 4 is 5.97 Å². The van der Waals surface area contributed by atoms with Crippen molar-refractivity contribution in [3.8, 4) is 0 Å². The van der Waals surface area contributed by atoms with Gasteiger partial charge in [0, 0.05) is 6.92 Å². The minimum absolute atomic E-state index is 0.247. The maximum atomic E-state index is 10.5. The number of carbonyl (C=O) groups excluding carboxylic acids is 1. The Morgan fingerprint density at radius 3 is 3.17 bits per heavy atom. The standard InChI is InChI=1S/C9H14O3/c1-7(10)12-6-8-4-2-3-5-9(8)11/h4,9,11H,2-3,5-6H2,1H3. The summed E-state index contributed by atoms with van der Waals surface area (Å²) in [5, 5.41) is 9.42. The molecule has 1 unspecified atom stereocenters. The number of aliphatic hydroxyl groups excluding tert-OH is 1. The molecule has 1 N–H and O–H groups in total. The predicted molar refractivity (Wildman–Crippen MR) is 44.6 cm³/mol. The van der Waals surface area contributed by atoms with Gasteiger partial charge < -0.3 is 9.84 Å². The van der Waals surface area contributed by atoms with Crippen molar-refractivity contribution in [2.75, 3.05) is 6.61 Å². The number of allylic oxidation sites excluding steroid dienone is 1. The maximum absolute atomic E-state index is 10.5. The molecule has 0 heterocycles. The van der Waals surface area contributed by atoms with Gasteiger partial charge in [0.15, 0.2) is 0 Å². The summed E-state index contributed by atoms with van der Waals surface area (Å²) >= 11 is 0. The number of ether oxygens (including phenoxy) is 1. The second-order valence-corrected chi connectivity index (χ2v) is 3.01. The highest BCUT2D eigenvalue weighted by Gasteiger charge is 2.14. The Labute approximate surface area is 72.0 Å². The van der Waals surface area contributed by atoms with Gasteiger partial charge in [0.1, 0.15) is 6.61 Å². The average Bonchev–Trinajstić information content (AvgIpc) is 2.03. The Balaban J connectivity index is 2.39. The molecule has 3 heteroatoms. The van der Waals surface area contributed by atoms with Crippen LogP contribution in [0.4, 0.5) is 0 Å². The molecule has 0 aliphatic heterocycles. The van der Waals surface area contributed by atoms with Gasteiger partial charge in [0.05, 0.1) is 6.10 Å². The highest BCUT2D eigenvalue weighted by Crippen LogP contribution is 2.18. The van der Waals surface area contributed by atoms with Gasteiger partial charge in [0.2, 0.25) is 0 Å². The van der Waals surface area contributed by atoms with Gasteiger partial charge in [-0.3, -0.25) is 4.79 Å². The zero-order valence-electron chi connectivity index (χ0n) is 7.25. The van der Waals surface area contributed by atoms with Gasteiger partial charge in [-0.15, -0.1) is 0 Å². The predicted octanol–water partition coefficient (Wildman–Crippen LogP) is 1.02. The van der Waals surface area contributed by atoms with Crippen LogP contribution in [0.1, 0.15) is 26.2 Å². The molecule has 0 aromatic heterocycles. The van der Waals surface area contributed by atoms with Crippen molar-refractivity contribution in [3.63, 3.8) is 0 Å². The molecule has 0 aromatic rings. The molecular weight excluding hydrogens is 156 g/mol. The van der Waals surface area contributed by atoms with Gasteiger partial charge in [0.25, 0.3) is 0 Å². The number of aliphatic hydroxyl groups is 1. The van der Waals surface area contributed by atoms with Crippen LogP contribution >= 0.6 is 0 Å². The summed E-state index contributed by atoms with van der Waals surface area (Å²) in [5.74, 6) is -0.298. The molecule has 1 aliphatic rings. The van der Waals surface area contributed by atoms with Crippen molar-refractivity contribution in [2.45, 2.75) is 32.3 Å². The fourth-order valence-corrected chi connectivity index (χ4v) is 1.26. The van der Waals surface area contributed by atoms with E-state index in [2.05, 4.69) is 0 Å². The first kappa shape index (κ1) is 9.26. The van der Waals surface area contributed by atoms with E-state index in [1.165, 1.54) is 6.92 Å². The van der Waals surface area contributed by atoms with Crippen LogP contribution in [-0.4, -0.2) is 23.8 Å². The summed E-state index contributed by atoms with van der Waals surface area (Å²) in [6.07, 6.45) is 4.33. The molecule has 12 heavy (non-hydrogen) atoms. The van der Waals surface area contributed by atoms with Crippen LogP contribution in [0.2, 0.25) is 0 Å². The summed E-state index contributed by atoms with van der Waals surface area (Å²) in [4.78, 5) is 10.5. The van der Waals surface area contributed by atoms with Crippen molar-refractivity contribution in [1.82, 2.24) is 0 Å². The fourth-order valence-electron chi connectivity index (χ4n) is 1.26. The zero-order chi connectivity index (χ0) is 8.97. The van der Waals surface area contributed by atoms with Crippen molar-refractivity contribution in [2.24, 2.45) is 0 Å². The summed E-state index contributed by atoms with van der Waals surface area (Å²) in [5.41, 5.74) is 0.844. The lowest BCUT2D eigenvalue weighted by Crippen LogP contribution is -2.18. The number of carbonyl (C=O) groups is 1. The monoisotopic (exact) mass is 170 g/mol. The van der Waals surface area contributed by atoms with E-state index in [9.17, 15) is 9.90 Å². The lowest BCUT2D eigenvalue weighted by atomic mass is 9.97. The highest BCUT2D eigenvalue weighted by molar-refractivity contribution is 5.66. The van der Waals surface area contributed by atoms with E-state index in [1.54, 1.807) is 0 Å². The minimum Gasteiger partial charge on any atom is -0.461 e. The largest absolute Gasteiger partial charge is 0.461 e.